The minimum atomic E-state index is -1.03. The number of ether oxygens (including phenoxy) is 1. The van der Waals surface area contributed by atoms with Crippen LogP contribution in [0.3, 0.4) is 0 Å². The van der Waals surface area contributed by atoms with Gasteiger partial charge in [-0.15, -0.1) is 0 Å². The Morgan fingerprint density at radius 2 is 1.60 bits per heavy atom. The molecule has 104 valence electrons. The molecule has 1 N–H and O–H groups in total. The van der Waals surface area contributed by atoms with Crippen molar-refractivity contribution in [2.24, 2.45) is 0 Å². The summed E-state index contributed by atoms with van der Waals surface area (Å²) >= 11 is 0. The highest BCUT2D eigenvalue weighted by molar-refractivity contribution is 5.82. The summed E-state index contributed by atoms with van der Waals surface area (Å²) in [4.78, 5) is 12.3. The first kappa shape index (κ1) is 14.3. The van der Waals surface area contributed by atoms with Crippen LogP contribution >= 0.6 is 0 Å². The topological polar surface area (TPSA) is 46.5 Å². The molecule has 0 saturated heterocycles. The maximum absolute atomic E-state index is 12.3. The first-order valence-electron chi connectivity index (χ1n) is 6.54. The summed E-state index contributed by atoms with van der Waals surface area (Å²) in [5.74, 6) is -0.421. The van der Waals surface area contributed by atoms with Gasteiger partial charge in [-0.1, -0.05) is 60.7 Å². The fourth-order valence-corrected chi connectivity index (χ4v) is 1.96. The average Bonchev–Trinajstić information content (AvgIpc) is 2.53. The number of carbonyl (C=O) groups is 1. The van der Waals surface area contributed by atoms with Crippen molar-refractivity contribution >= 4 is 5.97 Å². The van der Waals surface area contributed by atoms with E-state index < -0.39 is 11.4 Å². The molecule has 0 aliphatic rings. The van der Waals surface area contributed by atoms with Crippen molar-refractivity contribution in [2.75, 3.05) is 6.61 Å². The molecule has 3 heteroatoms. The summed E-state index contributed by atoms with van der Waals surface area (Å²) < 4.78 is 5.34. The van der Waals surface area contributed by atoms with E-state index in [9.17, 15) is 9.90 Å². The van der Waals surface area contributed by atoms with Crippen LogP contribution in [0.4, 0.5) is 0 Å². The Labute approximate surface area is 118 Å². The quantitative estimate of drug-likeness (QED) is 0.850. The molecule has 0 amide bonds. The van der Waals surface area contributed by atoms with Gasteiger partial charge in [0.05, 0.1) is 6.61 Å². The molecule has 0 radical (unpaired) electrons. The van der Waals surface area contributed by atoms with Gasteiger partial charge in [0.2, 0.25) is 0 Å². The third-order valence-corrected chi connectivity index (χ3v) is 3.39. The molecule has 0 aliphatic carbocycles. The van der Waals surface area contributed by atoms with Gasteiger partial charge in [-0.3, -0.25) is 4.79 Å². The molecule has 0 heterocycles. The lowest BCUT2D eigenvalue weighted by atomic mass is 9.83. The van der Waals surface area contributed by atoms with E-state index >= 15 is 0 Å². The molecule has 1 unspecified atom stereocenters. The Balaban J connectivity index is 2.10. The predicted molar refractivity (Wildman–Crippen MR) is 77.1 cm³/mol. The van der Waals surface area contributed by atoms with Crippen molar-refractivity contribution < 1.29 is 14.6 Å². The normalized spacial score (nSPS) is 13.5. The molecule has 0 bridgehead atoms. The highest BCUT2D eigenvalue weighted by atomic mass is 16.5. The monoisotopic (exact) mass is 270 g/mol. The summed E-state index contributed by atoms with van der Waals surface area (Å²) in [6.45, 7) is 1.61. The molecule has 0 aliphatic heterocycles. The molecule has 0 spiro atoms. The van der Waals surface area contributed by atoms with Gasteiger partial charge in [0.25, 0.3) is 0 Å². The van der Waals surface area contributed by atoms with Gasteiger partial charge in [0.15, 0.2) is 0 Å². The van der Waals surface area contributed by atoms with E-state index in [1.807, 2.05) is 60.7 Å². The molecule has 0 saturated carbocycles. The van der Waals surface area contributed by atoms with Crippen LogP contribution in [0.15, 0.2) is 60.7 Å². The first-order chi connectivity index (χ1) is 9.66. The van der Waals surface area contributed by atoms with E-state index in [0.29, 0.717) is 0 Å². The maximum Gasteiger partial charge on any atom is 0.318 e. The minimum Gasteiger partial charge on any atom is -0.460 e. The van der Waals surface area contributed by atoms with E-state index in [4.69, 9.17) is 4.74 Å². The zero-order valence-electron chi connectivity index (χ0n) is 11.5. The number of benzene rings is 2. The van der Waals surface area contributed by atoms with Crippen molar-refractivity contribution in [1.29, 1.82) is 0 Å². The number of esters is 1. The Kier molecular flexibility index (Phi) is 4.53. The van der Waals surface area contributed by atoms with Crippen molar-refractivity contribution in [3.63, 3.8) is 0 Å². The largest absolute Gasteiger partial charge is 0.460 e. The van der Waals surface area contributed by atoms with Gasteiger partial charge in [-0.05, 0) is 18.1 Å². The summed E-state index contributed by atoms with van der Waals surface area (Å²) in [5, 5.41) is 9.61. The SMILES string of the molecule is CC(CO)(C(=O)OCc1ccccc1)c1ccccc1. The second-order valence-electron chi connectivity index (χ2n) is 4.92. The van der Waals surface area contributed by atoms with Gasteiger partial charge in [0.1, 0.15) is 12.0 Å². The van der Waals surface area contributed by atoms with Gasteiger partial charge in [-0.25, -0.2) is 0 Å². The smallest absolute Gasteiger partial charge is 0.318 e. The number of hydrogen-bond donors (Lipinski definition) is 1. The summed E-state index contributed by atoms with van der Waals surface area (Å²) in [6.07, 6.45) is 0. The molecule has 2 aromatic rings. The Morgan fingerprint density at radius 1 is 1.05 bits per heavy atom. The van der Waals surface area contributed by atoms with Crippen LogP contribution in [0.25, 0.3) is 0 Å². The molecule has 3 nitrogen and oxygen atoms in total. The van der Waals surface area contributed by atoms with E-state index in [0.717, 1.165) is 11.1 Å². The lowest BCUT2D eigenvalue weighted by Crippen LogP contribution is -2.37. The molecule has 0 aromatic heterocycles. The lowest BCUT2D eigenvalue weighted by molar-refractivity contribution is -0.153. The predicted octanol–water partition coefficient (Wildman–Crippen LogP) is 2.68. The number of aliphatic hydroxyl groups excluding tert-OH is 1. The Bertz CT molecular complexity index is 551. The zero-order valence-corrected chi connectivity index (χ0v) is 11.5. The average molecular weight is 270 g/mol. The third kappa shape index (κ3) is 3.06. The second kappa shape index (κ2) is 6.35. The van der Waals surface area contributed by atoms with E-state index in [1.54, 1.807) is 6.92 Å². The van der Waals surface area contributed by atoms with E-state index in [1.165, 1.54) is 0 Å². The van der Waals surface area contributed by atoms with Crippen LogP contribution in [0, 0.1) is 0 Å². The van der Waals surface area contributed by atoms with E-state index in [-0.39, 0.29) is 13.2 Å². The fraction of sp³-hybridized carbons (Fsp3) is 0.235. The molecule has 20 heavy (non-hydrogen) atoms. The zero-order chi connectivity index (χ0) is 14.4. The van der Waals surface area contributed by atoms with Crippen molar-refractivity contribution in [3.8, 4) is 0 Å². The van der Waals surface area contributed by atoms with Crippen LogP contribution in [0.2, 0.25) is 0 Å². The molecular formula is C17H18O3. The number of rotatable bonds is 5. The number of aliphatic hydroxyl groups is 1. The molecule has 0 fully saturated rings. The summed E-state index contributed by atoms with van der Waals surface area (Å²) in [7, 11) is 0. The second-order valence-corrected chi connectivity index (χ2v) is 4.92. The molecule has 2 rings (SSSR count). The number of hydrogen-bond acceptors (Lipinski definition) is 3. The van der Waals surface area contributed by atoms with Gasteiger partial charge in [0, 0.05) is 0 Å². The van der Waals surface area contributed by atoms with Crippen LogP contribution in [0.5, 0.6) is 0 Å². The Hall–Kier alpha value is -2.13. The molecule has 1 atom stereocenters. The lowest BCUT2D eigenvalue weighted by Gasteiger charge is -2.25. The van der Waals surface area contributed by atoms with E-state index in [2.05, 4.69) is 0 Å². The summed E-state index contributed by atoms with van der Waals surface area (Å²) in [6, 6.07) is 18.7. The van der Waals surface area contributed by atoms with Gasteiger partial charge >= 0.3 is 5.97 Å². The highest BCUT2D eigenvalue weighted by Gasteiger charge is 2.36. The fourth-order valence-electron chi connectivity index (χ4n) is 1.96. The van der Waals surface area contributed by atoms with Crippen LogP contribution in [0.1, 0.15) is 18.1 Å². The van der Waals surface area contributed by atoms with Crippen LogP contribution < -0.4 is 0 Å². The first-order valence-corrected chi connectivity index (χ1v) is 6.54. The molecule has 2 aromatic carbocycles. The van der Waals surface area contributed by atoms with Crippen molar-refractivity contribution in [2.45, 2.75) is 18.9 Å². The van der Waals surface area contributed by atoms with Crippen molar-refractivity contribution in [3.05, 3.63) is 71.8 Å². The minimum absolute atomic E-state index is 0.210. The van der Waals surface area contributed by atoms with Gasteiger partial charge < -0.3 is 9.84 Å². The standard InChI is InChI=1S/C17H18O3/c1-17(13-18,15-10-6-3-7-11-15)16(19)20-12-14-8-4-2-5-9-14/h2-11,18H,12-13H2,1H3. The van der Waals surface area contributed by atoms with Crippen LogP contribution in [-0.4, -0.2) is 17.7 Å². The summed E-state index contributed by atoms with van der Waals surface area (Å²) in [5.41, 5.74) is 0.644. The molecular weight excluding hydrogens is 252 g/mol. The highest BCUT2D eigenvalue weighted by Crippen LogP contribution is 2.25. The number of carbonyl (C=O) groups excluding carboxylic acids is 1. The van der Waals surface area contributed by atoms with Crippen molar-refractivity contribution in [1.82, 2.24) is 0 Å². The maximum atomic E-state index is 12.3. The van der Waals surface area contributed by atoms with Gasteiger partial charge in [-0.2, -0.15) is 0 Å². The Morgan fingerprint density at radius 3 is 2.15 bits per heavy atom. The third-order valence-electron chi connectivity index (χ3n) is 3.39. The van der Waals surface area contributed by atoms with Crippen LogP contribution in [-0.2, 0) is 21.6 Å².